The fourth-order valence-electron chi connectivity index (χ4n) is 2.31. The van der Waals surface area contributed by atoms with Crippen molar-refractivity contribution < 1.29 is 4.79 Å². The molecule has 0 heterocycles. The molecule has 0 saturated carbocycles. The summed E-state index contributed by atoms with van der Waals surface area (Å²) in [5.41, 5.74) is 7.50. The number of anilines is 1. The molecule has 0 saturated heterocycles. The molecule has 98 valence electrons. The Balaban J connectivity index is 2.23. The van der Waals surface area contributed by atoms with Crippen LogP contribution in [0.5, 0.6) is 0 Å². The van der Waals surface area contributed by atoms with Crippen molar-refractivity contribution in [1.29, 1.82) is 0 Å². The summed E-state index contributed by atoms with van der Waals surface area (Å²) in [5, 5.41) is 2.35. The van der Waals surface area contributed by atoms with Gasteiger partial charge in [0.25, 0.3) is 0 Å². The first-order valence-electron chi connectivity index (χ1n) is 6.25. The van der Waals surface area contributed by atoms with E-state index >= 15 is 0 Å². The van der Waals surface area contributed by atoms with Gasteiger partial charge in [-0.2, -0.15) is 0 Å². The number of rotatable bonds is 2. The first kappa shape index (κ1) is 12.7. The van der Waals surface area contributed by atoms with Gasteiger partial charge >= 0.3 is 0 Å². The van der Waals surface area contributed by atoms with Crippen molar-refractivity contribution >= 4 is 33.8 Å². The van der Waals surface area contributed by atoms with Crippen molar-refractivity contribution in [3.05, 3.63) is 76.8 Å². The third-order valence-corrected chi connectivity index (χ3v) is 3.65. The quantitative estimate of drug-likeness (QED) is 0.562. The van der Waals surface area contributed by atoms with Gasteiger partial charge in [-0.05, 0) is 29.7 Å². The van der Waals surface area contributed by atoms with Crippen LogP contribution in [0, 0.1) is 0 Å². The Morgan fingerprint density at radius 1 is 0.800 bits per heavy atom. The van der Waals surface area contributed by atoms with Crippen LogP contribution in [0.25, 0.3) is 10.8 Å². The van der Waals surface area contributed by atoms with E-state index in [-0.39, 0.29) is 5.78 Å². The van der Waals surface area contributed by atoms with Gasteiger partial charge in [-0.1, -0.05) is 48.0 Å². The summed E-state index contributed by atoms with van der Waals surface area (Å²) in [6.07, 6.45) is 0. The Labute approximate surface area is 121 Å². The van der Waals surface area contributed by atoms with E-state index in [0.29, 0.717) is 21.8 Å². The van der Waals surface area contributed by atoms with Crippen molar-refractivity contribution in [3.63, 3.8) is 0 Å². The predicted molar refractivity (Wildman–Crippen MR) is 83.2 cm³/mol. The Bertz CT molecular complexity index is 811. The maximum Gasteiger partial charge on any atom is 0.195 e. The smallest absolute Gasteiger partial charge is 0.195 e. The minimum atomic E-state index is -0.0871. The number of carbonyl (C=O) groups is 1. The predicted octanol–water partition coefficient (Wildman–Crippen LogP) is 4.31. The number of hydrogen-bond acceptors (Lipinski definition) is 2. The highest BCUT2D eigenvalue weighted by molar-refractivity contribution is 6.36. The number of para-hydroxylation sites is 1. The molecule has 0 aromatic heterocycles. The van der Waals surface area contributed by atoms with Crippen LogP contribution < -0.4 is 5.73 Å². The van der Waals surface area contributed by atoms with Crippen LogP contribution in [-0.2, 0) is 0 Å². The van der Waals surface area contributed by atoms with Crippen molar-refractivity contribution in [3.8, 4) is 0 Å². The van der Waals surface area contributed by atoms with Crippen LogP contribution in [-0.4, -0.2) is 5.78 Å². The lowest BCUT2D eigenvalue weighted by Gasteiger charge is -2.09. The van der Waals surface area contributed by atoms with Crippen molar-refractivity contribution in [2.24, 2.45) is 0 Å². The summed E-state index contributed by atoms with van der Waals surface area (Å²) in [5.74, 6) is -0.0871. The molecule has 0 radical (unpaired) electrons. The molecule has 2 N–H and O–H groups in total. The van der Waals surface area contributed by atoms with Gasteiger partial charge < -0.3 is 5.73 Å². The maximum absolute atomic E-state index is 12.7. The number of halogens is 1. The number of fused-ring (bicyclic) bond motifs is 1. The van der Waals surface area contributed by atoms with Crippen LogP contribution >= 0.6 is 11.6 Å². The fourth-order valence-corrected chi connectivity index (χ4v) is 2.54. The molecule has 2 nitrogen and oxygen atoms in total. The fraction of sp³-hybridized carbons (Fsp3) is 0. The van der Waals surface area contributed by atoms with E-state index in [9.17, 15) is 4.79 Å². The molecule has 0 unspecified atom stereocenters. The summed E-state index contributed by atoms with van der Waals surface area (Å²) in [6.45, 7) is 0. The Hall–Kier alpha value is -2.32. The second-order valence-electron chi connectivity index (χ2n) is 4.56. The first-order chi connectivity index (χ1) is 9.68. The molecule has 0 amide bonds. The lowest BCUT2D eigenvalue weighted by Crippen LogP contribution is -2.05. The van der Waals surface area contributed by atoms with Gasteiger partial charge in [-0.3, -0.25) is 4.79 Å². The topological polar surface area (TPSA) is 43.1 Å². The Morgan fingerprint density at radius 3 is 2.20 bits per heavy atom. The second kappa shape index (κ2) is 4.99. The van der Waals surface area contributed by atoms with E-state index in [4.69, 9.17) is 17.3 Å². The van der Waals surface area contributed by atoms with Crippen molar-refractivity contribution in [2.45, 2.75) is 0 Å². The van der Waals surface area contributed by atoms with E-state index in [1.807, 2.05) is 36.4 Å². The molecule has 3 aromatic rings. The van der Waals surface area contributed by atoms with Crippen molar-refractivity contribution in [2.75, 3.05) is 5.73 Å². The Morgan fingerprint density at radius 2 is 1.45 bits per heavy atom. The molecule has 0 bridgehead atoms. The van der Waals surface area contributed by atoms with Crippen LogP contribution in [0.3, 0.4) is 0 Å². The standard InChI is InChI=1S/C17H12ClNO/c18-15-10-9-13(11-5-1-2-6-12(11)15)17(20)14-7-3-4-8-16(14)19/h1-10H,19H2. The zero-order chi connectivity index (χ0) is 14.1. The summed E-state index contributed by atoms with van der Waals surface area (Å²) < 4.78 is 0. The van der Waals surface area contributed by atoms with Gasteiger partial charge in [0.05, 0.1) is 0 Å². The van der Waals surface area contributed by atoms with Gasteiger partial charge in [0.15, 0.2) is 5.78 Å². The normalized spacial score (nSPS) is 10.7. The number of hydrogen-bond donors (Lipinski definition) is 1. The maximum atomic E-state index is 12.7. The molecule has 0 atom stereocenters. The summed E-state index contributed by atoms with van der Waals surface area (Å²) in [7, 11) is 0. The number of nitrogens with two attached hydrogens (primary N) is 1. The third kappa shape index (κ3) is 2.04. The molecular formula is C17H12ClNO. The van der Waals surface area contributed by atoms with Crippen LogP contribution in [0.15, 0.2) is 60.7 Å². The highest BCUT2D eigenvalue weighted by atomic mass is 35.5. The monoisotopic (exact) mass is 281 g/mol. The van der Waals surface area contributed by atoms with Gasteiger partial charge in [-0.15, -0.1) is 0 Å². The van der Waals surface area contributed by atoms with E-state index in [2.05, 4.69) is 0 Å². The average Bonchev–Trinajstić information content (AvgIpc) is 2.48. The van der Waals surface area contributed by atoms with Gasteiger partial charge in [-0.25, -0.2) is 0 Å². The zero-order valence-electron chi connectivity index (χ0n) is 10.6. The number of nitrogen functional groups attached to an aromatic ring is 1. The first-order valence-corrected chi connectivity index (χ1v) is 6.63. The third-order valence-electron chi connectivity index (χ3n) is 3.32. The average molecular weight is 282 g/mol. The van der Waals surface area contributed by atoms with Crippen LogP contribution in [0.2, 0.25) is 5.02 Å². The summed E-state index contributed by atoms with van der Waals surface area (Å²) >= 11 is 6.17. The van der Waals surface area contributed by atoms with E-state index in [1.54, 1.807) is 24.3 Å². The van der Waals surface area contributed by atoms with Crippen LogP contribution in [0.1, 0.15) is 15.9 Å². The lowest BCUT2D eigenvalue weighted by atomic mass is 9.96. The number of carbonyl (C=O) groups excluding carboxylic acids is 1. The zero-order valence-corrected chi connectivity index (χ0v) is 11.4. The second-order valence-corrected chi connectivity index (χ2v) is 4.96. The molecular weight excluding hydrogens is 270 g/mol. The molecule has 3 aromatic carbocycles. The van der Waals surface area contributed by atoms with Gasteiger partial charge in [0, 0.05) is 27.2 Å². The minimum Gasteiger partial charge on any atom is -0.398 e. The van der Waals surface area contributed by atoms with Crippen molar-refractivity contribution in [1.82, 2.24) is 0 Å². The highest BCUT2D eigenvalue weighted by Crippen LogP contribution is 2.28. The van der Waals surface area contributed by atoms with Gasteiger partial charge in [0.2, 0.25) is 0 Å². The number of benzene rings is 3. The molecule has 3 heteroatoms. The molecule has 0 aliphatic rings. The minimum absolute atomic E-state index is 0.0871. The summed E-state index contributed by atoms with van der Waals surface area (Å²) in [6, 6.07) is 18.2. The molecule has 0 fully saturated rings. The molecule has 20 heavy (non-hydrogen) atoms. The SMILES string of the molecule is Nc1ccccc1C(=O)c1ccc(Cl)c2ccccc12. The number of ketones is 1. The molecule has 0 aliphatic heterocycles. The van der Waals surface area contributed by atoms with Gasteiger partial charge in [0.1, 0.15) is 0 Å². The largest absolute Gasteiger partial charge is 0.398 e. The van der Waals surface area contributed by atoms with E-state index in [0.717, 1.165) is 10.8 Å². The molecule has 0 aliphatic carbocycles. The Kier molecular flexibility index (Phi) is 3.17. The molecule has 0 spiro atoms. The van der Waals surface area contributed by atoms with E-state index in [1.165, 1.54) is 0 Å². The van der Waals surface area contributed by atoms with E-state index < -0.39 is 0 Å². The van der Waals surface area contributed by atoms with Crippen LogP contribution in [0.4, 0.5) is 5.69 Å². The summed E-state index contributed by atoms with van der Waals surface area (Å²) in [4.78, 5) is 12.7. The molecule has 3 rings (SSSR count). The highest BCUT2D eigenvalue weighted by Gasteiger charge is 2.15. The lowest BCUT2D eigenvalue weighted by molar-refractivity contribution is 0.104.